The van der Waals surface area contributed by atoms with Gasteiger partial charge in [-0.15, -0.1) is 0 Å². The summed E-state index contributed by atoms with van der Waals surface area (Å²) in [5.41, 5.74) is 5.98. The molecule has 0 saturated carbocycles. The van der Waals surface area contributed by atoms with Crippen LogP contribution in [0.3, 0.4) is 0 Å². The van der Waals surface area contributed by atoms with Crippen LogP contribution < -0.4 is 5.73 Å². The van der Waals surface area contributed by atoms with Crippen LogP contribution in [0.2, 0.25) is 0 Å². The van der Waals surface area contributed by atoms with Gasteiger partial charge in [0.15, 0.2) is 0 Å². The average Bonchev–Trinajstić information content (AvgIpc) is 2.16. The van der Waals surface area contributed by atoms with Crippen LogP contribution in [0.1, 0.15) is 5.56 Å². The van der Waals surface area contributed by atoms with E-state index >= 15 is 0 Å². The van der Waals surface area contributed by atoms with Gasteiger partial charge < -0.3 is 5.73 Å². The van der Waals surface area contributed by atoms with E-state index < -0.39 is 11.8 Å². The van der Waals surface area contributed by atoms with Gasteiger partial charge in [0, 0.05) is 4.47 Å². The Morgan fingerprint density at radius 2 is 2.21 bits per heavy atom. The molecule has 0 aromatic heterocycles. The summed E-state index contributed by atoms with van der Waals surface area (Å²) in [5.74, 6) is -1.34. The van der Waals surface area contributed by atoms with E-state index in [-0.39, 0.29) is 0 Å². The van der Waals surface area contributed by atoms with Crippen LogP contribution in [0.25, 0.3) is 0 Å². The zero-order valence-corrected chi connectivity index (χ0v) is 8.99. The summed E-state index contributed by atoms with van der Waals surface area (Å²) in [4.78, 5) is 10.8. The summed E-state index contributed by atoms with van der Waals surface area (Å²) in [6, 6.07) is 9.34. The normalized spacial score (nSPS) is 11.7. The smallest absolute Gasteiger partial charge is 0.235 e. The lowest BCUT2D eigenvalue weighted by molar-refractivity contribution is -0.120. The monoisotopic (exact) mass is 252 g/mol. The van der Waals surface area contributed by atoms with Crippen molar-refractivity contribution in [1.82, 2.24) is 0 Å². The van der Waals surface area contributed by atoms with E-state index in [1.165, 1.54) is 0 Å². The minimum atomic E-state index is -0.756. The highest BCUT2D eigenvalue weighted by Gasteiger charge is 2.15. The second kappa shape index (κ2) is 4.77. The number of nitrogens with two attached hydrogens (primary N) is 1. The van der Waals surface area contributed by atoms with E-state index in [1.807, 2.05) is 30.3 Å². The van der Waals surface area contributed by atoms with Gasteiger partial charge in [-0.3, -0.25) is 4.79 Å². The molecule has 4 heteroatoms. The third-order valence-electron chi connectivity index (χ3n) is 1.88. The lowest BCUT2D eigenvalue weighted by Gasteiger charge is -2.06. The fourth-order valence-electron chi connectivity index (χ4n) is 1.09. The molecule has 1 aromatic carbocycles. The van der Waals surface area contributed by atoms with Crippen molar-refractivity contribution in [1.29, 1.82) is 5.26 Å². The molecule has 72 valence electrons. The van der Waals surface area contributed by atoms with Gasteiger partial charge in [-0.05, 0) is 18.1 Å². The highest BCUT2D eigenvalue weighted by Crippen LogP contribution is 2.19. The molecule has 2 N–H and O–H groups in total. The molecule has 0 heterocycles. The molecule has 0 fully saturated rings. The maximum atomic E-state index is 10.8. The van der Waals surface area contributed by atoms with E-state index in [4.69, 9.17) is 11.0 Å². The largest absolute Gasteiger partial charge is 0.369 e. The number of hydrogen-bond acceptors (Lipinski definition) is 2. The van der Waals surface area contributed by atoms with Crippen LogP contribution in [-0.4, -0.2) is 5.91 Å². The minimum absolute atomic E-state index is 0.354. The molecule has 0 aliphatic carbocycles. The first-order valence-corrected chi connectivity index (χ1v) is 4.86. The van der Waals surface area contributed by atoms with Gasteiger partial charge >= 0.3 is 0 Å². The molecule has 0 spiro atoms. The summed E-state index contributed by atoms with van der Waals surface area (Å²) in [6.07, 6.45) is 0.354. The topological polar surface area (TPSA) is 66.9 Å². The number of nitriles is 1. The molecule has 1 atom stereocenters. The Kier molecular flexibility index (Phi) is 3.66. The van der Waals surface area contributed by atoms with Gasteiger partial charge in [0.1, 0.15) is 5.92 Å². The minimum Gasteiger partial charge on any atom is -0.369 e. The lowest BCUT2D eigenvalue weighted by atomic mass is 10.0. The third-order valence-corrected chi connectivity index (χ3v) is 2.65. The number of hydrogen-bond donors (Lipinski definition) is 1. The number of nitrogens with zero attached hydrogens (tertiary/aromatic N) is 1. The van der Waals surface area contributed by atoms with Crippen LogP contribution in [-0.2, 0) is 11.2 Å². The fourth-order valence-corrected chi connectivity index (χ4v) is 1.54. The number of primary amides is 1. The fraction of sp³-hybridized carbons (Fsp3) is 0.200. The Labute approximate surface area is 90.7 Å². The molecular formula is C10H9BrN2O. The van der Waals surface area contributed by atoms with Crippen molar-refractivity contribution < 1.29 is 4.79 Å². The summed E-state index contributed by atoms with van der Waals surface area (Å²) in [6.45, 7) is 0. The molecule has 1 aromatic rings. The number of carbonyl (C=O) groups is 1. The Morgan fingerprint density at radius 1 is 1.57 bits per heavy atom. The van der Waals surface area contributed by atoms with Crippen molar-refractivity contribution in [2.45, 2.75) is 6.42 Å². The summed E-state index contributed by atoms with van der Waals surface area (Å²) in [7, 11) is 0. The van der Waals surface area contributed by atoms with Gasteiger partial charge in [-0.1, -0.05) is 34.1 Å². The van der Waals surface area contributed by atoms with Crippen LogP contribution >= 0.6 is 15.9 Å². The molecule has 0 aliphatic rings. The lowest BCUT2D eigenvalue weighted by Crippen LogP contribution is -2.23. The van der Waals surface area contributed by atoms with Crippen molar-refractivity contribution in [3.63, 3.8) is 0 Å². The zero-order valence-electron chi connectivity index (χ0n) is 7.40. The third kappa shape index (κ3) is 2.57. The standard InChI is InChI=1S/C10H9BrN2O/c11-9-4-2-1-3-7(9)5-8(6-12)10(13)14/h1-4,8H,5H2,(H2,13,14). The van der Waals surface area contributed by atoms with Crippen LogP contribution in [0, 0.1) is 17.2 Å². The van der Waals surface area contributed by atoms with Gasteiger partial charge in [-0.2, -0.15) is 5.26 Å². The zero-order chi connectivity index (χ0) is 10.6. The van der Waals surface area contributed by atoms with Crippen LogP contribution in [0.4, 0.5) is 0 Å². The number of rotatable bonds is 3. The second-order valence-corrected chi connectivity index (χ2v) is 3.73. The van der Waals surface area contributed by atoms with E-state index in [2.05, 4.69) is 15.9 Å². The van der Waals surface area contributed by atoms with E-state index in [0.29, 0.717) is 6.42 Å². The van der Waals surface area contributed by atoms with Gasteiger partial charge in [-0.25, -0.2) is 0 Å². The SMILES string of the molecule is N#CC(Cc1ccccc1Br)C(N)=O. The van der Waals surface area contributed by atoms with Crippen molar-refractivity contribution in [2.75, 3.05) is 0 Å². The maximum absolute atomic E-state index is 10.8. The molecule has 0 saturated heterocycles. The van der Waals surface area contributed by atoms with Gasteiger partial charge in [0.2, 0.25) is 5.91 Å². The Balaban J connectivity index is 2.84. The second-order valence-electron chi connectivity index (χ2n) is 2.88. The highest BCUT2D eigenvalue weighted by atomic mass is 79.9. The van der Waals surface area contributed by atoms with Gasteiger partial charge in [0.05, 0.1) is 6.07 Å². The molecule has 0 aliphatic heterocycles. The molecule has 0 bridgehead atoms. The quantitative estimate of drug-likeness (QED) is 0.889. The molecule has 1 rings (SSSR count). The number of benzene rings is 1. The first kappa shape index (κ1) is 10.7. The molecule has 1 amide bonds. The predicted octanol–water partition coefficient (Wildman–Crippen LogP) is 1.62. The van der Waals surface area contributed by atoms with Crippen LogP contribution in [0.5, 0.6) is 0 Å². The van der Waals surface area contributed by atoms with Crippen molar-refractivity contribution >= 4 is 21.8 Å². The van der Waals surface area contributed by atoms with Crippen LogP contribution in [0.15, 0.2) is 28.7 Å². The number of amides is 1. The Hall–Kier alpha value is -1.34. The van der Waals surface area contributed by atoms with E-state index in [1.54, 1.807) is 0 Å². The van der Waals surface area contributed by atoms with Crippen molar-refractivity contribution in [3.05, 3.63) is 34.3 Å². The summed E-state index contributed by atoms with van der Waals surface area (Å²) >= 11 is 3.34. The molecule has 3 nitrogen and oxygen atoms in total. The molecule has 14 heavy (non-hydrogen) atoms. The maximum Gasteiger partial charge on any atom is 0.235 e. The number of carbonyl (C=O) groups excluding carboxylic acids is 1. The number of halogens is 1. The van der Waals surface area contributed by atoms with Crippen molar-refractivity contribution in [2.24, 2.45) is 11.7 Å². The Morgan fingerprint density at radius 3 is 2.71 bits per heavy atom. The first-order valence-electron chi connectivity index (χ1n) is 4.07. The highest BCUT2D eigenvalue weighted by molar-refractivity contribution is 9.10. The van der Waals surface area contributed by atoms with Crippen molar-refractivity contribution in [3.8, 4) is 6.07 Å². The molecular weight excluding hydrogens is 244 g/mol. The molecule has 1 unspecified atom stereocenters. The predicted molar refractivity (Wildman–Crippen MR) is 56.1 cm³/mol. The van der Waals surface area contributed by atoms with E-state index in [0.717, 1.165) is 10.0 Å². The van der Waals surface area contributed by atoms with Gasteiger partial charge in [0.25, 0.3) is 0 Å². The summed E-state index contributed by atoms with van der Waals surface area (Å²) < 4.78 is 0.890. The Bertz CT molecular complexity index is 384. The summed E-state index contributed by atoms with van der Waals surface area (Å²) in [5, 5.41) is 8.68. The first-order chi connectivity index (χ1) is 6.65. The molecule has 0 radical (unpaired) electrons. The average molecular weight is 253 g/mol. The van der Waals surface area contributed by atoms with E-state index in [9.17, 15) is 4.79 Å².